The molecule has 0 aliphatic carbocycles. The van der Waals surface area contributed by atoms with E-state index in [-0.39, 0.29) is 5.91 Å². The van der Waals surface area contributed by atoms with Gasteiger partial charge in [0.1, 0.15) is 5.75 Å². The van der Waals surface area contributed by atoms with Crippen molar-refractivity contribution >= 4 is 18.5 Å². The van der Waals surface area contributed by atoms with Crippen molar-refractivity contribution in [1.82, 2.24) is 4.90 Å². The molecule has 1 amide bonds. The van der Waals surface area contributed by atoms with Crippen molar-refractivity contribution < 1.29 is 18.8 Å². The number of hydrogen-bond donors (Lipinski definition) is 0. The Hall–Kier alpha value is -1.53. The first kappa shape index (κ1) is 17.3. The Kier molecular flexibility index (Phi) is 4.38. The van der Waals surface area contributed by atoms with Gasteiger partial charge in [-0.25, -0.2) is 0 Å². The minimum Gasteiger partial charge on any atom is -0.496 e. The van der Waals surface area contributed by atoms with E-state index in [4.69, 9.17) is 14.0 Å². The molecule has 6 heteroatoms. The zero-order chi connectivity index (χ0) is 17.5. The van der Waals surface area contributed by atoms with Crippen LogP contribution < -0.4 is 10.2 Å². The fourth-order valence-electron chi connectivity index (χ4n) is 3.10. The van der Waals surface area contributed by atoms with E-state index in [0.717, 1.165) is 31.4 Å². The van der Waals surface area contributed by atoms with E-state index in [1.807, 2.05) is 50.8 Å². The standard InChI is InChI=1S/C18H26BNO4/c1-17(2)18(3,4)24-19(23-17)13-8-9-14(15(12-13)22-5)16(21)20-10-6-7-11-20/h8-9,12H,6-7,10-11H2,1-5H3. The summed E-state index contributed by atoms with van der Waals surface area (Å²) in [6, 6.07) is 5.57. The molecule has 0 N–H and O–H groups in total. The van der Waals surface area contributed by atoms with Crippen LogP contribution >= 0.6 is 0 Å². The van der Waals surface area contributed by atoms with Gasteiger partial charge >= 0.3 is 7.12 Å². The molecule has 2 saturated heterocycles. The molecule has 0 atom stereocenters. The van der Waals surface area contributed by atoms with Crippen LogP contribution in [0.25, 0.3) is 0 Å². The first-order valence-corrected chi connectivity index (χ1v) is 8.58. The van der Waals surface area contributed by atoms with Gasteiger partial charge in [-0.2, -0.15) is 0 Å². The van der Waals surface area contributed by atoms with E-state index in [0.29, 0.717) is 11.3 Å². The number of likely N-dealkylation sites (tertiary alicyclic amines) is 1. The Morgan fingerprint density at radius 2 is 1.71 bits per heavy atom. The average Bonchev–Trinajstić information content (AvgIpc) is 3.13. The molecule has 2 fully saturated rings. The molecule has 0 aromatic heterocycles. The molecule has 3 rings (SSSR count). The number of amides is 1. The van der Waals surface area contributed by atoms with Crippen LogP contribution in [-0.4, -0.2) is 49.3 Å². The second-order valence-corrected chi connectivity index (χ2v) is 7.55. The van der Waals surface area contributed by atoms with Crippen LogP contribution in [0.1, 0.15) is 50.9 Å². The highest BCUT2D eigenvalue weighted by molar-refractivity contribution is 6.62. The molecule has 2 aliphatic heterocycles. The lowest BCUT2D eigenvalue weighted by atomic mass is 9.78. The van der Waals surface area contributed by atoms with E-state index >= 15 is 0 Å². The van der Waals surface area contributed by atoms with Crippen LogP contribution in [-0.2, 0) is 9.31 Å². The molecule has 24 heavy (non-hydrogen) atoms. The summed E-state index contributed by atoms with van der Waals surface area (Å²) in [5, 5.41) is 0. The van der Waals surface area contributed by atoms with E-state index in [2.05, 4.69) is 0 Å². The minimum absolute atomic E-state index is 0.0322. The van der Waals surface area contributed by atoms with E-state index in [1.165, 1.54) is 0 Å². The first-order valence-electron chi connectivity index (χ1n) is 8.58. The van der Waals surface area contributed by atoms with Crippen molar-refractivity contribution in [2.75, 3.05) is 20.2 Å². The second-order valence-electron chi connectivity index (χ2n) is 7.55. The number of carbonyl (C=O) groups is 1. The molecule has 2 aliphatic rings. The third kappa shape index (κ3) is 2.93. The highest BCUT2D eigenvalue weighted by Gasteiger charge is 2.51. The molecule has 1 aromatic carbocycles. The number of nitrogens with zero attached hydrogens (tertiary/aromatic N) is 1. The van der Waals surface area contributed by atoms with E-state index in [9.17, 15) is 4.79 Å². The Labute approximate surface area is 144 Å². The zero-order valence-corrected chi connectivity index (χ0v) is 15.2. The molecule has 0 radical (unpaired) electrons. The van der Waals surface area contributed by atoms with Crippen molar-refractivity contribution in [3.63, 3.8) is 0 Å². The fourth-order valence-corrected chi connectivity index (χ4v) is 3.10. The number of benzene rings is 1. The number of hydrogen-bond acceptors (Lipinski definition) is 4. The van der Waals surface area contributed by atoms with Gasteiger partial charge in [0, 0.05) is 13.1 Å². The number of carbonyl (C=O) groups excluding carboxylic acids is 1. The highest BCUT2D eigenvalue weighted by Crippen LogP contribution is 2.36. The van der Waals surface area contributed by atoms with Crippen LogP contribution in [0, 0.1) is 0 Å². The minimum atomic E-state index is -0.458. The van der Waals surface area contributed by atoms with Crippen molar-refractivity contribution in [2.24, 2.45) is 0 Å². The van der Waals surface area contributed by atoms with Crippen LogP contribution in [0.2, 0.25) is 0 Å². The van der Waals surface area contributed by atoms with Gasteiger partial charge in [0.25, 0.3) is 5.91 Å². The molecule has 2 heterocycles. The van der Waals surface area contributed by atoms with Crippen molar-refractivity contribution in [2.45, 2.75) is 51.7 Å². The Morgan fingerprint density at radius 1 is 1.12 bits per heavy atom. The average molecular weight is 331 g/mol. The molecule has 1 aromatic rings. The fraction of sp³-hybridized carbons (Fsp3) is 0.611. The van der Waals surface area contributed by atoms with Gasteiger partial charge in [-0.15, -0.1) is 0 Å². The lowest BCUT2D eigenvalue weighted by molar-refractivity contribution is 0.00578. The summed E-state index contributed by atoms with van der Waals surface area (Å²) in [6.07, 6.45) is 2.14. The quantitative estimate of drug-likeness (QED) is 0.797. The van der Waals surface area contributed by atoms with Crippen LogP contribution in [0.4, 0.5) is 0 Å². The third-order valence-electron chi connectivity index (χ3n) is 5.37. The monoisotopic (exact) mass is 331 g/mol. The molecular weight excluding hydrogens is 305 g/mol. The Balaban J connectivity index is 1.86. The molecule has 0 unspecified atom stereocenters. The van der Waals surface area contributed by atoms with Gasteiger partial charge in [0.05, 0.1) is 23.9 Å². The molecular formula is C18H26BNO4. The largest absolute Gasteiger partial charge is 0.496 e. The van der Waals surface area contributed by atoms with Gasteiger partial charge in [-0.3, -0.25) is 4.79 Å². The third-order valence-corrected chi connectivity index (χ3v) is 5.37. The number of ether oxygens (including phenoxy) is 1. The van der Waals surface area contributed by atoms with Gasteiger partial charge in [-0.05, 0) is 58.1 Å². The van der Waals surface area contributed by atoms with Crippen LogP contribution in [0.5, 0.6) is 5.75 Å². The Bertz CT molecular complexity index is 622. The number of rotatable bonds is 3. The molecule has 0 spiro atoms. The molecule has 0 bridgehead atoms. The van der Waals surface area contributed by atoms with Gasteiger partial charge in [0.15, 0.2) is 0 Å². The lowest BCUT2D eigenvalue weighted by Gasteiger charge is -2.32. The molecule has 0 saturated carbocycles. The highest BCUT2D eigenvalue weighted by atomic mass is 16.7. The van der Waals surface area contributed by atoms with Crippen LogP contribution in [0.15, 0.2) is 18.2 Å². The second kappa shape index (κ2) is 6.08. The number of methoxy groups -OCH3 is 1. The zero-order valence-electron chi connectivity index (χ0n) is 15.2. The van der Waals surface area contributed by atoms with Gasteiger partial charge in [0.2, 0.25) is 0 Å². The van der Waals surface area contributed by atoms with Crippen molar-refractivity contribution in [1.29, 1.82) is 0 Å². The van der Waals surface area contributed by atoms with E-state index < -0.39 is 18.3 Å². The summed E-state index contributed by atoms with van der Waals surface area (Å²) >= 11 is 0. The van der Waals surface area contributed by atoms with Crippen molar-refractivity contribution in [3.8, 4) is 5.75 Å². The summed E-state index contributed by atoms with van der Waals surface area (Å²) in [5.74, 6) is 0.601. The smallest absolute Gasteiger partial charge is 0.494 e. The Morgan fingerprint density at radius 3 is 2.25 bits per heavy atom. The summed E-state index contributed by atoms with van der Waals surface area (Å²) in [6.45, 7) is 9.73. The topological polar surface area (TPSA) is 48.0 Å². The predicted octanol–water partition coefficient (Wildman–Crippen LogP) is 2.23. The summed E-state index contributed by atoms with van der Waals surface area (Å²) < 4.78 is 17.6. The molecule has 5 nitrogen and oxygen atoms in total. The van der Waals surface area contributed by atoms with E-state index in [1.54, 1.807) is 7.11 Å². The summed E-state index contributed by atoms with van der Waals surface area (Å²) in [4.78, 5) is 14.5. The first-order chi connectivity index (χ1) is 11.2. The summed E-state index contributed by atoms with van der Waals surface area (Å²) in [5.41, 5.74) is 0.673. The summed E-state index contributed by atoms with van der Waals surface area (Å²) in [7, 11) is 1.13. The lowest BCUT2D eigenvalue weighted by Crippen LogP contribution is -2.41. The van der Waals surface area contributed by atoms with Crippen LogP contribution in [0.3, 0.4) is 0 Å². The van der Waals surface area contributed by atoms with Gasteiger partial charge in [-0.1, -0.05) is 6.07 Å². The van der Waals surface area contributed by atoms with Gasteiger partial charge < -0.3 is 18.9 Å². The maximum Gasteiger partial charge on any atom is 0.494 e. The maximum atomic E-state index is 12.6. The molecule has 130 valence electrons. The maximum absolute atomic E-state index is 12.6. The predicted molar refractivity (Wildman–Crippen MR) is 93.8 cm³/mol. The normalized spacial score (nSPS) is 22.0. The van der Waals surface area contributed by atoms with Crippen molar-refractivity contribution in [3.05, 3.63) is 23.8 Å². The SMILES string of the molecule is COc1cc(B2OC(C)(C)C(C)(C)O2)ccc1C(=O)N1CCCC1.